The van der Waals surface area contributed by atoms with Crippen molar-refractivity contribution in [1.82, 2.24) is 9.88 Å². The molecule has 3 heterocycles. The van der Waals surface area contributed by atoms with Gasteiger partial charge < -0.3 is 23.8 Å². The fourth-order valence-corrected chi connectivity index (χ4v) is 3.40. The largest absolute Gasteiger partial charge is 0.496 e. The smallest absolute Gasteiger partial charge is 0.444 e. The predicted molar refractivity (Wildman–Crippen MR) is 115 cm³/mol. The third-order valence-corrected chi connectivity index (χ3v) is 5.87. The number of ether oxygens (including phenoxy) is 1. The van der Waals surface area contributed by atoms with Crippen molar-refractivity contribution in [2.24, 2.45) is 0 Å². The lowest BCUT2D eigenvalue weighted by atomic mass is 9.78. The van der Waals surface area contributed by atoms with E-state index in [0.29, 0.717) is 13.1 Å². The zero-order valence-electron chi connectivity index (χ0n) is 19.0. The van der Waals surface area contributed by atoms with Gasteiger partial charge in [0.1, 0.15) is 11.4 Å². The number of hydrogen-bond acceptors (Lipinski definition) is 6. The minimum atomic E-state index is -0.476. The quantitative estimate of drug-likeness (QED) is 0.708. The summed E-state index contributed by atoms with van der Waals surface area (Å²) in [6.45, 7) is 18.5. The predicted octanol–water partition coefficient (Wildman–Crippen LogP) is 2.75. The molecule has 2 fully saturated rings. The van der Waals surface area contributed by atoms with Crippen molar-refractivity contribution in [3.05, 3.63) is 17.8 Å². The topological polar surface area (TPSA) is 64.1 Å². The van der Waals surface area contributed by atoms with Crippen molar-refractivity contribution < 1.29 is 18.8 Å². The molecule has 0 unspecified atom stereocenters. The third kappa shape index (κ3) is 4.69. The van der Waals surface area contributed by atoms with Gasteiger partial charge in [-0.05, 0) is 61.5 Å². The number of rotatable bonds is 2. The summed E-state index contributed by atoms with van der Waals surface area (Å²) in [5, 5.41) is 0. The van der Waals surface area contributed by atoms with E-state index in [-0.39, 0.29) is 17.3 Å². The highest BCUT2D eigenvalue weighted by molar-refractivity contribution is 6.62. The van der Waals surface area contributed by atoms with Crippen molar-refractivity contribution in [2.45, 2.75) is 72.2 Å². The molecule has 0 N–H and O–H groups in total. The van der Waals surface area contributed by atoms with E-state index in [9.17, 15) is 4.79 Å². The molecule has 1 amide bonds. The van der Waals surface area contributed by atoms with Crippen molar-refractivity contribution >= 4 is 24.5 Å². The average molecular weight is 403 g/mol. The van der Waals surface area contributed by atoms with Crippen LogP contribution in [0.15, 0.2) is 12.1 Å². The number of aryl methyl sites for hydroxylation is 1. The lowest BCUT2D eigenvalue weighted by Gasteiger charge is -2.36. The highest BCUT2D eigenvalue weighted by atomic mass is 16.7. The van der Waals surface area contributed by atoms with Crippen molar-refractivity contribution in [1.29, 1.82) is 0 Å². The van der Waals surface area contributed by atoms with Crippen LogP contribution < -0.4 is 10.4 Å². The van der Waals surface area contributed by atoms with Gasteiger partial charge in [-0.3, -0.25) is 0 Å². The second-order valence-electron chi connectivity index (χ2n) is 9.89. The first-order valence-corrected chi connectivity index (χ1v) is 10.4. The molecule has 2 aliphatic rings. The number of hydrogen-bond donors (Lipinski definition) is 0. The molecule has 0 aliphatic carbocycles. The van der Waals surface area contributed by atoms with Crippen molar-refractivity contribution in [3.8, 4) is 0 Å². The van der Waals surface area contributed by atoms with Gasteiger partial charge in [0.05, 0.1) is 11.2 Å². The van der Waals surface area contributed by atoms with Crippen LogP contribution in [0.4, 0.5) is 10.6 Å². The monoisotopic (exact) mass is 403 g/mol. The van der Waals surface area contributed by atoms with Crippen LogP contribution in [0.25, 0.3) is 0 Å². The van der Waals surface area contributed by atoms with Crippen molar-refractivity contribution in [3.63, 3.8) is 0 Å². The number of piperazine rings is 1. The lowest BCUT2D eigenvalue weighted by Crippen LogP contribution is -2.50. The first-order chi connectivity index (χ1) is 13.3. The number of carbonyl (C=O) groups is 1. The summed E-state index contributed by atoms with van der Waals surface area (Å²) < 4.78 is 17.8. The van der Waals surface area contributed by atoms with Crippen LogP contribution in [0.2, 0.25) is 0 Å². The summed E-state index contributed by atoms with van der Waals surface area (Å²) in [6, 6.07) is 4.05. The molecular weight excluding hydrogens is 369 g/mol. The Morgan fingerprint density at radius 3 is 2.10 bits per heavy atom. The summed E-state index contributed by atoms with van der Waals surface area (Å²) in [6.07, 6.45) is -0.252. The fraction of sp³-hybridized carbons (Fsp3) is 0.714. The molecule has 3 rings (SSSR count). The van der Waals surface area contributed by atoms with Gasteiger partial charge in [-0.25, -0.2) is 9.78 Å². The van der Waals surface area contributed by atoms with Gasteiger partial charge in [-0.15, -0.1) is 0 Å². The summed E-state index contributed by atoms with van der Waals surface area (Å²) in [5.74, 6) is 0.909. The third-order valence-electron chi connectivity index (χ3n) is 5.87. The van der Waals surface area contributed by atoms with Gasteiger partial charge in [-0.2, -0.15) is 0 Å². The van der Waals surface area contributed by atoms with Crippen molar-refractivity contribution in [2.75, 3.05) is 31.1 Å². The number of carbonyl (C=O) groups excluding carboxylic acids is 1. The minimum Gasteiger partial charge on any atom is -0.444 e. The Balaban J connectivity index is 1.64. The first-order valence-electron chi connectivity index (χ1n) is 10.4. The van der Waals surface area contributed by atoms with E-state index in [1.165, 1.54) is 0 Å². The normalized spacial score (nSPS) is 21.4. The standard InChI is InChI=1S/C21H34BN3O4/c1-15-16(22-28-20(5,6)21(7,8)29-22)9-10-17(23-15)24-11-13-25(14-12-24)18(26)27-19(2,3)4/h9-10H,11-14H2,1-8H3. The Labute approximate surface area is 174 Å². The molecule has 160 valence electrons. The van der Waals surface area contributed by atoms with Gasteiger partial charge in [0.15, 0.2) is 0 Å². The van der Waals surface area contributed by atoms with Crippen LogP contribution >= 0.6 is 0 Å². The molecule has 7 nitrogen and oxygen atoms in total. The molecule has 2 aliphatic heterocycles. The fourth-order valence-electron chi connectivity index (χ4n) is 3.40. The van der Waals surface area contributed by atoms with E-state index in [0.717, 1.165) is 30.1 Å². The Morgan fingerprint density at radius 1 is 1.07 bits per heavy atom. The molecule has 0 aromatic carbocycles. The van der Waals surface area contributed by atoms with E-state index in [1.807, 2.05) is 67.5 Å². The molecule has 29 heavy (non-hydrogen) atoms. The van der Waals surface area contributed by atoms with Crippen LogP contribution in [-0.4, -0.2) is 66.1 Å². The molecule has 8 heteroatoms. The summed E-state index contributed by atoms with van der Waals surface area (Å²) >= 11 is 0. The minimum absolute atomic E-state index is 0.252. The van der Waals surface area contributed by atoms with Gasteiger partial charge in [0, 0.05) is 37.3 Å². The second-order valence-corrected chi connectivity index (χ2v) is 9.89. The maximum atomic E-state index is 12.2. The molecule has 0 atom stereocenters. The Hall–Kier alpha value is -1.80. The summed E-state index contributed by atoms with van der Waals surface area (Å²) in [4.78, 5) is 21.0. The first kappa shape index (κ1) is 21.9. The highest BCUT2D eigenvalue weighted by Crippen LogP contribution is 2.36. The highest BCUT2D eigenvalue weighted by Gasteiger charge is 2.52. The molecular formula is C21H34BN3O4. The average Bonchev–Trinajstić information content (AvgIpc) is 2.81. The molecule has 0 saturated carbocycles. The number of pyridine rings is 1. The SMILES string of the molecule is Cc1nc(N2CCN(C(=O)OC(C)(C)C)CC2)ccc1B1OC(C)(C)C(C)(C)O1. The van der Waals surface area contributed by atoms with Gasteiger partial charge in [-0.1, -0.05) is 6.07 Å². The van der Waals surface area contributed by atoms with E-state index < -0.39 is 12.7 Å². The molecule has 0 radical (unpaired) electrons. The maximum absolute atomic E-state index is 12.2. The zero-order chi connectivity index (χ0) is 21.6. The number of nitrogens with zero attached hydrogens (tertiary/aromatic N) is 3. The van der Waals surface area contributed by atoms with Crippen LogP contribution in [0, 0.1) is 6.92 Å². The number of aromatic nitrogens is 1. The van der Waals surface area contributed by atoms with Crippen LogP contribution in [0.5, 0.6) is 0 Å². The summed E-state index contributed by atoms with van der Waals surface area (Å²) in [7, 11) is -0.412. The van der Waals surface area contributed by atoms with Gasteiger partial charge >= 0.3 is 13.2 Å². The molecule has 2 saturated heterocycles. The zero-order valence-corrected chi connectivity index (χ0v) is 19.0. The van der Waals surface area contributed by atoms with Gasteiger partial charge in [0.25, 0.3) is 0 Å². The van der Waals surface area contributed by atoms with Crippen LogP contribution in [0.3, 0.4) is 0 Å². The van der Waals surface area contributed by atoms with E-state index >= 15 is 0 Å². The Morgan fingerprint density at radius 2 is 1.62 bits per heavy atom. The Bertz CT molecular complexity index is 752. The molecule has 1 aromatic rings. The maximum Gasteiger partial charge on any atom is 0.496 e. The number of anilines is 1. The number of amides is 1. The second kappa shape index (κ2) is 7.47. The lowest BCUT2D eigenvalue weighted by molar-refractivity contribution is 0.00578. The van der Waals surface area contributed by atoms with E-state index in [2.05, 4.69) is 4.90 Å². The van der Waals surface area contributed by atoms with Gasteiger partial charge in [0.2, 0.25) is 0 Å². The van der Waals surface area contributed by atoms with Crippen LogP contribution in [0.1, 0.15) is 54.2 Å². The molecule has 1 aromatic heterocycles. The Kier molecular flexibility index (Phi) is 5.64. The van der Waals surface area contributed by atoms with E-state index in [1.54, 1.807) is 4.90 Å². The summed E-state index contributed by atoms with van der Waals surface area (Å²) in [5.41, 5.74) is 0.632. The van der Waals surface area contributed by atoms with Crippen LogP contribution in [-0.2, 0) is 14.0 Å². The molecule has 0 bridgehead atoms. The van der Waals surface area contributed by atoms with E-state index in [4.69, 9.17) is 19.0 Å². The molecule has 0 spiro atoms.